The van der Waals surface area contributed by atoms with Crippen molar-refractivity contribution in [2.75, 3.05) is 0 Å². The normalized spacial score (nSPS) is 18.2. The molecular formula is C15H18N2O2. The van der Waals surface area contributed by atoms with Crippen LogP contribution in [0, 0.1) is 0 Å². The Morgan fingerprint density at radius 3 is 3.05 bits per heavy atom. The van der Waals surface area contributed by atoms with E-state index in [0.717, 1.165) is 24.4 Å². The Morgan fingerprint density at radius 2 is 2.37 bits per heavy atom. The summed E-state index contributed by atoms with van der Waals surface area (Å²) in [5, 5.41) is 10.2. The van der Waals surface area contributed by atoms with Crippen LogP contribution in [0.2, 0.25) is 0 Å². The predicted octanol–water partition coefficient (Wildman–Crippen LogP) is 3.12. The van der Waals surface area contributed by atoms with Crippen molar-refractivity contribution in [1.82, 2.24) is 9.55 Å². The van der Waals surface area contributed by atoms with Gasteiger partial charge in [-0.3, -0.25) is 9.78 Å². The van der Waals surface area contributed by atoms with Gasteiger partial charge in [-0.25, -0.2) is 0 Å². The van der Waals surface area contributed by atoms with Crippen LogP contribution >= 0.6 is 0 Å². The molecule has 0 fully saturated rings. The molecule has 0 aromatic carbocycles. The van der Waals surface area contributed by atoms with Gasteiger partial charge in [0.1, 0.15) is 0 Å². The molecule has 0 amide bonds. The van der Waals surface area contributed by atoms with Gasteiger partial charge in [0.05, 0.1) is 17.6 Å². The topological polar surface area (TPSA) is 55.1 Å². The molecule has 0 bridgehead atoms. The Kier molecular flexibility index (Phi) is 2.81. The lowest BCUT2D eigenvalue weighted by molar-refractivity contribution is -0.137. The van der Waals surface area contributed by atoms with Gasteiger partial charge in [-0.05, 0) is 24.5 Å². The summed E-state index contributed by atoms with van der Waals surface area (Å²) in [6, 6.07) is 4.19. The average molecular weight is 258 g/mol. The molecule has 1 unspecified atom stereocenters. The molecule has 0 spiro atoms. The van der Waals surface area contributed by atoms with Gasteiger partial charge < -0.3 is 9.67 Å². The minimum absolute atomic E-state index is 0.143. The van der Waals surface area contributed by atoms with Crippen LogP contribution < -0.4 is 0 Å². The van der Waals surface area contributed by atoms with Crippen molar-refractivity contribution < 1.29 is 9.90 Å². The number of aromatic nitrogens is 2. The van der Waals surface area contributed by atoms with Crippen LogP contribution in [-0.2, 0) is 11.3 Å². The van der Waals surface area contributed by atoms with Gasteiger partial charge in [0.25, 0.3) is 0 Å². The highest BCUT2D eigenvalue weighted by Gasteiger charge is 2.27. The van der Waals surface area contributed by atoms with Crippen molar-refractivity contribution in [3.63, 3.8) is 0 Å². The van der Waals surface area contributed by atoms with E-state index in [2.05, 4.69) is 29.5 Å². The summed E-state index contributed by atoms with van der Waals surface area (Å²) in [5.41, 5.74) is 3.46. The van der Waals surface area contributed by atoms with Gasteiger partial charge in [0.2, 0.25) is 0 Å². The molecule has 0 radical (unpaired) electrons. The molecule has 19 heavy (non-hydrogen) atoms. The van der Waals surface area contributed by atoms with Crippen molar-refractivity contribution in [2.45, 2.75) is 45.1 Å². The third-order valence-electron chi connectivity index (χ3n) is 3.98. The number of rotatable bonds is 3. The molecule has 4 nitrogen and oxygen atoms in total. The predicted molar refractivity (Wildman–Crippen MR) is 73.4 cm³/mol. The Morgan fingerprint density at radius 1 is 1.58 bits per heavy atom. The molecule has 0 aliphatic carbocycles. The van der Waals surface area contributed by atoms with Crippen molar-refractivity contribution in [2.24, 2.45) is 0 Å². The van der Waals surface area contributed by atoms with E-state index in [0.29, 0.717) is 5.92 Å². The summed E-state index contributed by atoms with van der Waals surface area (Å²) >= 11 is 0. The van der Waals surface area contributed by atoms with Crippen molar-refractivity contribution >= 4 is 16.9 Å². The molecule has 1 aliphatic heterocycles. The van der Waals surface area contributed by atoms with Gasteiger partial charge in [-0.2, -0.15) is 0 Å². The lowest BCUT2D eigenvalue weighted by Crippen LogP contribution is -2.02. The minimum Gasteiger partial charge on any atom is -0.481 e. The summed E-state index contributed by atoms with van der Waals surface area (Å²) in [4.78, 5) is 15.4. The first kappa shape index (κ1) is 12.2. The van der Waals surface area contributed by atoms with E-state index in [9.17, 15) is 4.79 Å². The monoisotopic (exact) mass is 258 g/mol. The molecule has 1 aliphatic rings. The highest BCUT2D eigenvalue weighted by molar-refractivity contribution is 5.84. The average Bonchev–Trinajstić information content (AvgIpc) is 2.88. The van der Waals surface area contributed by atoms with Crippen LogP contribution in [0.15, 0.2) is 18.3 Å². The van der Waals surface area contributed by atoms with Crippen LogP contribution in [0.25, 0.3) is 10.9 Å². The van der Waals surface area contributed by atoms with E-state index in [1.807, 2.05) is 12.3 Å². The van der Waals surface area contributed by atoms with E-state index < -0.39 is 5.97 Å². The number of nitrogens with zero attached hydrogens (tertiary/aromatic N) is 2. The second-order valence-corrected chi connectivity index (χ2v) is 5.59. The number of carbonyl (C=O) groups is 1. The summed E-state index contributed by atoms with van der Waals surface area (Å²) in [5.74, 6) is -0.194. The van der Waals surface area contributed by atoms with Crippen LogP contribution in [0.3, 0.4) is 0 Å². The number of aliphatic carboxylic acids is 1. The van der Waals surface area contributed by atoms with E-state index in [-0.39, 0.29) is 12.3 Å². The van der Waals surface area contributed by atoms with Gasteiger partial charge in [-0.1, -0.05) is 13.8 Å². The van der Waals surface area contributed by atoms with Crippen LogP contribution in [-0.4, -0.2) is 20.6 Å². The first-order chi connectivity index (χ1) is 9.08. The number of aryl methyl sites for hydroxylation is 1. The lowest BCUT2D eigenvalue weighted by atomic mass is 9.99. The smallest absolute Gasteiger partial charge is 0.304 e. The Bertz CT molecular complexity index is 643. The zero-order valence-electron chi connectivity index (χ0n) is 11.3. The number of fused-ring (bicyclic) bond motifs is 3. The highest BCUT2D eigenvalue weighted by atomic mass is 16.4. The molecule has 100 valence electrons. The Hall–Kier alpha value is -1.84. The highest BCUT2D eigenvalue weighted by Crippen LogP contribution is 2.37. The molecule has 4 heteroatoms. The number of hydrogen-bond acceptors (Lipinski definition) is 2. The van der Waals surface area contributed by atoms with Crippen molar-refractivity contribution in [1.29, 1.82) is 0 Å². The summed E-state index contributed by atoms with van der Waals surface area (Å²) in [6.45, 7) is 5.19. The number of pyridine rings is 1. The Labute approximate surface area is 112 Å². The van der Waals surface area contributed by atoms with Gasteiger partial charge in [-0.15, -0.1) is 0 Å². The Balaban J connectivity index is 2.13. The third-order valence-corrected chi connectivity index (χ3v) is 3.98. The van der Waals surface area contributed by atoms with E-state index in [1.165, 1.54) is 10.9 Å². The fraction of sp³-hybridized carbons (Fsp3) is 0.467. The fourth-order valence-corrected chi connectivity index (χ4v) is 3.12. The van der Waals surface area contributed by atoms with Gasteiger partial charge >= 0.3 is 5.97 Å². The molecular weight excluding hydrogens is 240 g/mol. The maximum absolute atomic E-state index is 10.9. The van der Waals surface area contributed by atoms with Gasteiger partial charge in [0.15, 0.2) is 0 Å². The van der Waals surface area contributed by atoms with Crippen LogP contribution in [0.1, 0.15) is 49.9 Å². The van der Waals surface area contributed by atoms with Crippen molar-refractivity contribution in [3.8, 4) is 0 Å². The van der Waals surface area contributed by atoms with E-state index in [4.69, 9.17) is 5.11 Å². The summed E-state index contributed by atoms with van der Waals surface area (Å²) < 4.78 is 2.26. The SMILES string of the molecule is CC(C)c1nccc2c1cc1n2CCC1CC(=O)O. The maximum Gasteiger partial charge on any atom is 0.304 e. The third kappa shape index (κ3) is 1.91. The molecule has 0 saturated carbocycles. The zero-order chi connectivity index (χ0) is 13.6. The maximum atomic E-state index is 10.9. The number of carboxylic acid groups (broad SMARTS) is 1. The minimum atomic E-state index is -0.717. The zero-order valence-corrected chi connectivity index (χ0v) is 11.3. The molecule has 2 aromatic heterocycles. The summed E-state index contributed by atoms with van der Waals surface area (Å²) in [6.07, 6.45) is 3.01. The van der Waals surface area contributed by atoms with E-state index in [1.54, 1.807) is 0 Å². The second-order valence-electron chi connectivity index (χ2n) is 5.59. The molecule has 1 atom stereocenters. The lowest BCUT2D eigenvalue weighted by Gasteiger charge is -2.06. The fourth-order valence-electron chi connectivity index (χ4n) is 3.12. The van der Waals surface area contributed by atoms with Crippen molar-refractivity contribution in [3.05, 3.63) is 29.7 Å². The standard InChI is InChI=1S/C15H18N2O2/c1-9(2)15-11-8-13-10(7-14(18)19)4-6-17(13)12(11)3-5-16-15/h3,5,8-10H,4,6-7H2,1-2H3,(H,18,19). The first-order valence-electron chi connectivity index (χ1n) is 6.77. The number of hydrogen-bond donors (Lipinski definition) is 1. The quantitative estimate of drug-likeness (QED) is 0.920. The molecule has 3 rings (SSSR count). The molecule has 0 saturated heterocycles. The first-order valence-corrected chi connectivity index (χ1v) is 6.77. The molecule has 1 N–H and O–H groups in total. The molecule has 3 heterocycles. The van der Waals surface area contributed by atoms with E-state index >= 15 is 0 Å². The van der Waals surface area contributed by atoms with Crippen LogP contribution in [0.4, 0.5) is 0 Å². The van der Waals surface area contributed by atoms with Crippen LogP contribution in [0.5, 0.6) is 0 Å². The van der Waals surface area contributed by atoms with Gasteiger partial charge in [0, 0.05) is 29.7 Å². The second kappa shape index (κ2) is 4.37. The summed E-state index contributed by atoms with van der Waals surface area (Å²) in [7, 11) is 0. The largest absolute Gasteiger partial charge is 0.481 e. The molecule has 2 aromatic rings. The number of carboxylic acids is 1.